The zero-order chi connectivity index (χ0) is 15.4. The third-order valence-corrected chi connectivity index (χ3v) is 3.10. The molecule has 21 heavy (non-hydrogen) atoms. The average Bonchev–Trinajstić information content (AvgIpc) is 2.48. The SMILES string of the molecule is N#C/C(=C\c1ccc(O)c(Cl)c1)c1ccc([N+](=O)[O-])cc1. The van der Waals surface area contributed by atoms with Crippen LogP contribution in [-0.4, -0.2) is 10.0 Å². The molecular weight excluding hydrogens is 292 g/mol. The molecule has 2 rings (SSSR count). The second-order valence-electron chi connectivity index (χ2n) is 4.18. The highest BCUT2D eigenvalue weighted by molar-refractivity contribution is 6.32. The van der Waals surface area contributed by atoms with Gasteiger partial charge in [-0.3, -0.25) is 10.1 Å². The molecule has 0 amide bonds. The topological polar surface area (TPSA) is 87.2 Å². The third kappa shape index (κ3) is 3.38. The van der Waals surface area contributed by atoms with Gasteiger partial charge in [0, 0.05) is 12.1 Å². The van der Waals surface area contributed by atoms with E-state index in [1.54, 1.807) is 12.1 Å². The van der Waals surface area contributed by atoms with Crippen molar-refractivity contribution in [1.29, 1.82) is 5.26 Å². The molecule has 2 aromatic carbocycles. The quantitative estimate of drug-likeness (QED) is 0.401. The van der Waals surface area contributed by atoms with Crippen molar-refractivity contribution in [3.63, 3.8) is 0 Å². The molecule has 6 heteroatoms. The normalized spacial score (nSPS) is 11.0. The smallest absolute Gasteiger partial charge is 0.269 e. The lowest BCUT2D eigenvalue weighted by Crippen LogP contribution is -1.88. The molecule has 0 fully saturated rings. The second kappa shape index (κ2) is 6.07. The molecule has 0 atom stereocenters. The number of aromatic hydroxyl groups is 1. The Labute approximate surface area is 125 Å². The first-order valence-corrected chi connectivity index (χ1v) is 6.24. The van der Waals surface area contributed by atoms with Crippen LogP contribution in [0, 0.1) is 21.4 Å². The van der Waals surface area contributed by atoms with Gasteiger partial charge >= 0.3 is 0 Å². The number of phenolic OH excluding ortho intramolecular Hbond substituents is 1. The largest absolute Gasteiger partial charge is 0.506 e. The molecule has 1 N–H and O–H groups in total. The molecule has 2 aromatic rings. The van der Waals surface area contributed by atoms with E-state index < -0.39 is 4.92 Å². The van der Waals surface area contributed by atoms with Crippen LogP contribution in [-0.2, 0) is 0 Å². The summed E-state index contributed by atoms with van der Waals surface area (Å²) in [5.41, 5.74) is 1.51. The fourth-order valence-corrected chi connectivity index (χ4v) is 1.91. The number of nitriles is 1. The first-order valence-electron chi connectivity index (χ1n) is 5.86. The number of halogens is 1. The zero-order valence-corrected chi connectivity index (χ0v) is 11.4. The summed E-state index contributed by atoms with van der Waals surface area (Å²) >= 11 is 5.80. The van der Waals surface area contributed by atoms with Crippen LogP contribution < -0.4 is 0 Å². The minimum atomic E-state index is -0.501. The van der Waals surface area contributed by atoms with Gasteiger partial charge in [0.05, 0.1) is 21.6 Å². The Morgan fingerprint density at radius 2 is 1.95 bits per heavy atom. The lowest BCUT2D eigenvalue weighted by molar-refractivity contribution is -0.384. The van der Waals surface area contributed by atoms with Gasteiger partial charge in [0.15, 0.2) is 0 Å². The van der Waals surface area contributed by atoms with Crippen molar-refractivity contribution in [2.75, 3.05) is 0 Å². The molecule has 0 saturated heterocycles. The molecule has 0 radical (unpaired) electrons. The monoisotopic (exact) mass is 300 g/mol. The van der Waals surface area contributed by atoms with Gasteiger partial charge in [-0.05, 0) is 41.5 Å². The predicted molar refractivity (Wildman–Crippen MR) is 79.7 cm³/mol. The molecule has 0 bridgehead atoms. The summed E-state index contributed by atoms with van der Waals surface area (Å²) in [5, 5.41) is 29.3. The van der Waals surface area contributed by atoms with Gasteiger partial charge < -0.3 is 5.11 Å². The number of nitrogens with zero attached hydrogens (tertiary/aromatic N) is 2. The third-order valence-electron chi connectivity index (χ3n) is 2.79. The summed E-state index contributed by atoms with van der Waals surface area (Å²) in [6, 6.07) is 12.3. The minimum absolute atomic E-state index is 0.0382. The molecule has 5 nitrogen and oxygen atoms in total. The molecule has 0 heterocycles. The van der Waals surface area contributed by atoms with Crippen molar-refractivity contribution in [2.24, 2.45) is 0 Å². The van der Waals surface area contributed by atoms with E-state index in [0.717, 1.165) is 0 Å². The van der Waals surface area contributed by atoms with E-state index in [-0.39, 0.29) is 16.5 Å². The van der Waals surface area contributed by atoms with Gasteiger partial charge in [-0.25, -0.2) is 0 Å². The lowest BCUT2D eigenvalue weighted by atomic mass is 10.0. The Bertz CT molecular complexity index is 761. The van der Waals surface area contributed by atoms with Gasteiger partial charge in [0.2, 0.25) is 0 Å². The van der Waals surface area contributed by atoms with Crippen LogP contribution in [0.3, 0.4) is 0 Å². The van der Waals surface area contributed by atoms with Gasteiger partial charge in [-0.1, -0.05) is 17.7 Å². The van der Waals surface area contributed by atoms with Crippen molar-refractivity contribution in [3.05, 3.63) is 68.7 Å². The Morgan fingerprint density at radius 3 is 2.48 bits per heavy atom. The number of hydrogen-bond acceptors (Lipinski definition) is 4. The summed E-state index contributed by atoms with van der Waals surface area (Å²) in [5.74, 6) is -0.0392. The number of nitro groups is 1. The van der Waals surface area contributed by atoms with Crippen LogP contribution in [0.2, 0.25) is 5.02 Å². The summed E-state index contributed by atoms with van der Waals surface area (Å²) in [4.78, 5) is 10.1. The number of non-ortho nitro benzene ring substituents is 1. The number of phenols is 1. The van der Waals surface area contributed by atoms with E-state index in [2.05, 4.69) is 0 Å². The van der Waals surface area contributed by atoms with Crippen LogP contribution in [0.5, 0.6) is 5.75 Å². The van der Waals surface area contributed by atoms with Crippen LogP contribution in [0.4, 0.5) is 5.69 Å². The Hall–Kier alpha value is -2.84. The summed E-state index contributed by atoms with van der Waals surface area (Å²) in [7, 11) is 0. The fourth-order valence-electron chi connectivity index (χ4n) is 1.72. The Balaban J connectivity index is 2.39. The van der Waals surface area contributed by atoms with Crippen molar-refractivity contribution in [2.45, 2.75) is 0 Å². The van der Waals surface area contributed by atoms with Crippen LogP contribution >= 0.6 is 11.6 Å². The van der Waals surface area contributed by atoms with Gasteiger partial charge in [0.1, 0.15) is 5.75 Å². The lowest BCUT2D eigenvalue weighted by Gasteiger charge is -2.01. The van der Waals surface area contributed by atoms with E-state index in [4.69, 9.17) is 11.6 Å². The molecule has 0 aliphatic rings. The second-order valence-corrected chi connectivity index (χ2v) is 4.59. The van der Waals surface area contributed by atoms with Crippen molar-refractivity contribution < 1.29 is 10.0 Å². The minimum Gasteiger partial charge on any atom is -0.506 e. The van der Waals surface area contributed by atoms with Crippen LogP contribution in [0.15, 0.2) is 42.5 Å². The fraction of sp³-hybridized carbons (Fsp3) is 0. The average molecular weight is 301 g/mol. The first-order chi connectivity index (χ1) is 10.0. The molecule has 0 aromatic heterocycles. The first kappa shape index (κ1) is 14.6. The molecule has 104 valence electrons. The van der Waals surface area contributed by atoms with E-state index >= 15 is 0 Å². The highest BCUT2D eigenvalue weighted by atomic mass is 35.5. The van der Waals surface area contributed by atoms with E-state index in [1.165, 1.54) is 36.4 Å². The van der Waals surface area contributed by atoms with Gasteiger partial charge in [-0.15, -0.1) is 0 Å². The number of nitro benzene ring substituents is 1. The maximum absolute atomic E-state index is 10.6. The zero-order valence-electron chi connectivity index (χ0n) is 10.7. The van der Waals surface area contributed by atoms with Gasteiger partial charge in [-0.2, -0.15) is 5.26 Å². The number of benzene rings is 2. The predicted octanol–water partition coefficient (Wildman–Crippen LogP) is 4.02. The summed E-state index contributed by atoms with van der Waals surface area (Å²) in [6.07, 6.45) is 1.59. The molecule has 0 saturated carbocycles. The van der Waals surface area contributed by atoms with Crippen LogP contribution in [0.1, 0.15) is 11.1 Å². The molecule has 0 aliphatic carbocycles. The molecular formula is C15H9ClN2O3. The standard InChI is InChI=1S/C15H9ClN2O3/c16-14-8-10(1-6-15(14)19)7-12(9-17)11-2-4-13(5-3-11)18(20)21/h1-8,19H/b12-7+. The van der Waals surface area contributed by atoms with E-state index in [9.17, 15) is 20.5 Å². The molecule has 0 spiro atoms. The summed E-state index contributed by atoms with van der Waals surface area (Å²) < 4.78 is 0. The van der Waals surface area contributed by atoms with Crippen molar-refractivity contribution in [3.8, 4) is 11.8 Å². The van der Waals surface area contributed by atoms with Gasteiger partial charge in [0.25, 0.3) is 5.69 Å². The summed E-state index contributed by atoms with van der Waals surface area (Å²) in [6.45, 7) is 0. The maximum atomic E-state index is 10.6. The maximum Gasteiger partial charge on any atom is 0.269 e. The Kier molecular flexibility index (Phi) is 4.21. The van der Waals surface area contributed by atoms with E-state index in [0.29, 0.717) is 16.7 Å². The highest BCUT2D eigenvalue weighted by Gasteiger charge is 2.07. The van der Waals surface area contributed by atoms with Crippen molar-refractivity contribution in [1.82, 2.24) is 0 Å². The Morgan fingerprint density at radius 1 is 1.29 bits per heavy atom. The van der Waals surface area contributed by atoms with Crippen molar-refractivity contribution >= 4 is 28.9 Å². The van der Waals surface area contributed by atoms with Crippen LogP contribution in [0.25, 0.3) is 11.6 Å². The highest BCUT2D eigenvalue weighted by Crippen LogP contribution is 2.26. The number of hydrogen-bond donors (Lipinski definition) is 1. The molecule has 0 aliphatic heterocycles. The van der Waals surface area contributed by atoms with E-state index in [1.807, 2.05) is 6.07 Å². The molecule has 0 unspecified atom stereocenters. The number of rotatable bonds is 3. The number of allylic oxidation sites excluding steroid dienone is 1.